The zero-order valence-corrected chi connectivity index (χ0v) is 16.6. The third-order valence-corrected chi connectivity index (χ3v) is 4.99. The Hall–Kier alpha value is -3.35. The molecule has 0 unspecified atom stereocenters. The average molecular weight is 393 g/mol. The maximum Gasteiger partial charge on any atom is 0.229 e. The molecule has 0 bridgehead atoms. The molecule has 2 heterocycles. The molecular weight excluding hydrogens is 369 g/mol. The summed E-state index contributed by atoms with van der Waals surface area (Å²) in [5.74, 6) is 1.98. The van der Waals surface area contributed by atoms with Gasteiger partial charge in [0.2, 0.25) is 5.95 Å². The summed E-state index contributed by atoms with van der Waals surface area (Å²) in [6.45, 7) is 5.34. The molecule has 4 rings (SSSR count). The summed E-state index contributed by atoms with van der Waals surface area (Å²) in [5, 5.41) is 3.26. The summed E-state index contributed by atoms with van der Waals surface area (Å²) >= 11 is 0. The van der Waals surface area contributed by atoms with Gasteiger partial charge < -0.3 is 19.9 Å². The molecule has 0 atom stereocenters. The molecular formula is C22H24FN5O. The number of aryl methyl sites for hydroxylation is 1. The fraction of sp³-hybridized carbons (Fsp3) is 0.273. The van der Waals surface area contributed by atoms with Gasteiger partial charge in [-0.3, -0.25) is 0 Å². The van der Waals surface area contributed by atoms with Crippen LogP contribution in [0.4, 0.5) is 27.5 Å². The molecule has 7 heteroatoms. The van der Waals surface area contributed by atoms with Crippen molar-refractivity contribution in [3.63, 3.8) is 0 Å². The van der Waals surface area contributed by atoms with E-state index in [2.05, 4.69) is 20.1 Å². The van der Waals surface area contributed by atoms with Gasteiger partial charge in [-0.25, -0.2) is 9.37 Å². The first kappa shape index (κ1) is 19.0. The summed E-state index contributed by atoms with van der Waals surface area (Å²) in [6.07, 6.45) is 0. The Kier molecular flexibility index (Phi) is 5.46. The Bertz CT molecular complexity index is 971. The van der Waals surface area contributed by atoms with E-state index < -0.39 is 0 Å². The van der Waals surface area contributed by atoms with E-state index >= 15 is 0 Å². The van der Waals surface area contributed by atoms with Crippen LogP contribution >= 0.6 is 0 Å². The molecule has 1 aliphatic heterocycles. The molecule has 1 fully saturated rings. The molecule has 1 aliphatic rings. The van der Waals surface area contributed by atoms with Crippen molar-refractivity contribution in [2.75, 3.05) is 48.4 Å². The van der Waals surface area contributed by atoms with Crippen LogP contribution in [0.2, 0.25) is 0 Å². The van der Waals surface area contributed by atoms with E-state index in [1.165, 1.54) is 12.1 Å². The molecule has 2 aromatic carbocycles. The Labute approximate surface area is 170 Å². The van der Waals surface area contributed by atoms with Crippen LogP contribution in [0.15, 0.2) is 54.6 Å². The Morgan fingerprint density at radius 3 is 2.34 bits per heavy atom. The van der Waals surface area contributed by atoms with Crippen LogP contribution in [-0.4, -0.2) is 43.3 Å². The molecule has 6 nitrogen and oxygen atoms in total. The van der Waals surface area contributed by atoms with Crippen LogP contribution < -0.4 is 19.9 Å². The fourth-order valence-corrected chi connectivity index (χ4v) is 3.48. The Morgan fingerprint density at radius 1 is 0.931 bits per heavy atom. The lowest BCUT2D eigenvalue weighted by Crippen LogP contribution is -2.46. The van der Waals surface area contributed by atoms with Gasteiger partial charge in [0.1, 0.15) is 17.4 Å². The van der Waals surface area contributed by atoms with Gasteiger partial charge in [-0.15, -0.1) is 0 Å². The normalized spacial score (nSPS) is 14.0. The van der Waals surface area contributed by atoms with Crippen LogP contribution in [0.5, 0.6) is 5.75 Å². The summed E-state index contributed by atoms with van der Waals surface area (Å²) in [4.78, 5) is 13.8. The molecule has 0 radical (unpaired) electrons. The first-order valence-corrected chi connectivity index (χ1v) is 9.63. The molecule has 0 aliphatic carbocycles. The highest BCUT2D eigenvalue weighted by molar-refractivity contribution is 5.63. The number of anilines is 4. The lowest BCUT2D eigenvalue weighted by molar-refractivity contribution is 0.417. The second kappa shape index (κ2) is 8.34. The highest BCUT2D eigenvalue weighted by Crippen LogP contribution is 2.27. The van der Waals surface area contributed by atoms with E-state index in [0.29, 0.717) is 5.95 Å². The summed E-state index contributed by atoms with van der Waals surface area (Å²) < 4.78 is 18.6. The van der Waals surface area contributed by atoms with Crippen LogP contribution in [0.25, 0.3) is 0 Å². The van der Waals surface area contributed by atoms with Gasteiger partial charge in [0.25, 0.3) is 0 Å². The van der Waals surface area contributed by atoms with Gasteiger partial charge in [0.05, 0.1) is 12.8 Å². The van der Waals surface area contributed by atoms with Gasteiger partial charge in [0, 0.05) is 43.6 Å². The zero-order chi connectivity index (χ0) is 20.2. The molecule has 1 saturated heterocycles. The minimum absolute atomic E-state index is 0.209. The smallest absolute Gasteiger partial charge is 0.229 e. The number of methoxy groups -OCH3 is 1. The number of para-hydroxylation sites is 2. The number of hydrogen-bond acceptors (Lipinski definition) is 6. The number of aromatic nitrogens is 2. The molecule has 1 N–H and O–H groups in total. The lowest BCUT2D eigenvalue weighted by atomic mass is 10.2. The van der Waals surface area contributed by atoms with E-state index in [4.69, 9.17) is 9.72 Å². The van der Waals surface area contributed by atoms with Crippen molar-refractivity contribution in [1.29, 1.82) is 0 Å². The highest BCUT2D eigenvalue weighted by atomic mass is 19.1. The van der Waals surface area contributed by atoms with E-state index in [-0.39, 0.29) is 5.82 Å². The zero-order valence-electron chi connectivity index (χ0n) is 16.6. The van der Waals surface area contributed by atoms with E-state index in [9.17, 15) is 4.39 Å². The van der Waals surface area contributed by atoms with E-state index in [1.807, 2.05) is 49.4 Å². The van der Waals surface area contributed by atoms with Crippen LogP contribution in [-0.2, 0) is 0 Å². The molecule has 0 amide bonds. The first-order valence-electron chi connectivity index (χ1n) is 9.63. The predicted molar refractivity (Wildman–Crippen MR) is 114 cm³/mol. The topological polar surface area (TPSA) is 53.5 Å². The quantitative estimate of drug-likeness (QED) is 0.707. The third kappa shape index (κ3) is 4.39. The number of ether oxygens (including phenoxy) is 1. The van der Waals surface area contributed by atoms with Crippen molar-refractivity contribution in [3.8, 4) is 5.75 Å². The number of rotatable bonds is 5. The van der Waals surface area contributed by atoms with Crippen molar-refractivity contribution in [2.45, 2.75) is 6.92 Å². The first-order chi connectivity index (χ1) is 14.1. The van der Waals surface area contributed by atoms with Crippen molar-refractivity contribution >= 4 is 23.1 Å². The molecule has 3 aromatic rings. The monoisotopic (exact) mass is 393 g/mol. The van der Waals surface area contributed by atoms with E-state index in [0.717, 1.165) is 54.8 Å². The number of nitrogens with one attached hydrogen (secondary N) is 1. The van der Waals surface area contributed by atoms with Gasteiger partial charge in [0.15, 0.2) is 0 Å². The molecule has 0 spiro atoms. The highest BCUT2D eigenvalue weighted by Gasteiger charge is 2.19. The Balaban J connectivity index is 1.47. The largest absolute Gasteiger partial charge is 0.495 e. The minimum atomic E-state index is -0.209. The third-order valence-electron chi connectivity index (χ3n) is 4.99. The summed E-state index contributed by atoms with van der Waals surface area (Å²) in [7, 11) is 1.64. The minimum Gasteiger partial charge on any atom is -0.495 e. The number of halogens is 1. The number of benzene rings is 2. The average Bonchev–Trinajstić information content (AvgIpc) is 2.74. The SMILES string of the molecule is COc1ccccc1Nc1nc(C)cc(N2CCN(c3ccc(F)cc3)CC2)n1. The van der Waals surface area contributed by atoms with Crippen molar-refractivity contribution < 1.29 is 9.13 Å². The lowest BCUT2D eigenvalue weighted by Gasteiger charge is -2.36. The second-order valence-electron chi connectivity index (χ2n) is 6.97. The van der Waals surface area contributed by atoms with E-state index in [1.54, 1.807) is 7.11 Å². The molecule has 29 heavy (non-hydrogen) atoms. The van der Waals surface area contributed by atoms with Crippen LogP contribution in [0.3, 0.4) is 0 Å². The summed E-state index contributed by atoms with van der Waals surface area (Å²) in [6, 6.07) is 16.4. The molecule has 150 valence electrons. The maximum atomic E-state index is 13.2. The molecule has 1 aromatic heterocycles. The standard InChI is InChI=1S/C22H24FN5O/c1-16-15-21(26-22(24-16)25-19-5-3-4-6-20(19)29-2)28-13-11-27(12-14-28)18-9-7-17(23)8-10-18/h3-10,15H,11-14H2,1-2H3,(H,24,25,26). The van der Waals surface area contributed by atoms with Gasteiger partial charge >= 0.3 is 0 Å². The number of piperazine rings is 1. The fourth-order valence-electron chi connectivity index (χ4n) is 3.48. The van der Waals surface area contributed by atoms with Crippen molar-refractivity contribution in [2.24, 2.45) is 0 Å². The summed E-state index contributed by atoms with van der Waals surface area (Å²) in [5.41, 5.74) is 2.77. The van der Waals surface area contributed by atoms with Crippen molar-refractivity contribution in [3.05, 3.63) is 66.1 Å². The maximum absolute atomic E-state index is 13.2. The second-order valence-corrected chi connectivity index (χ2v) is 6.97. The van der Waals surface area contributed by atoms with Gasteiger partial charge in [-0.05, 0) is 43.3 Å². The predicted octanol–water partition coefficient (Wildman–Crippen LogP) is 4.00. The number of nitrogens with zero attached hydrogens (tertiary/aromatic N) is 4. The van der Waals surface area contributed by atoms with Crippen LogP contribution in [0, 0.1) is 12.7 Å². The Morgan fingerprint density at radius 2 is 1.62 bits per heavy atom. The molecule has 0 saturated carbocycles. The van der Waals surface area contributed by atoms with Gasteiger partial charge in [-0.1, -0.05) is 12.1 Å². The number of hydrogen-bond donors (Lipinski definition) is 1. The van der Waals surface area contributed by atoms with Crippen LogP contribution in [0.1, 0.15) is 5.69 Å². The van der Waals surface area contributed by atoms with Gasteiger partial charge in [-0.2, -0.15) is 4.98 Å². The van der Waals surface area contributed by atoms with Crippen molar-refractivity contribution in [1.82, 2.24) is 9.97 Å².